The minimum absolute atomic E-state index is 0.0503. The van der Waals surface area contributed by atoms with Crippen LogP contribution in [0.1, 0.15) is 49.0 Å². The highest BCUT2D eigenvalue weighted by molar-refractivity contribution is 7.19. The minimum Gasteiger partial charge on any atom is -0.366 e. The van der Waals surface area contributed by atoms with E-state index in [2.05, 4.69) is 27.3 Å². The summed E-state index contributed by atoms with van der Waals surface area (Å²) < 4.78 is 14.8. The highest BCUT2D eigenvalue weighted by Crippen LogP contribution is 2.47. The summed E-state index contributed by atoms with van der Waals surface area (Å²) in [5.74, 6) is -0.215. The summed E-state index contributed by atoms with van der Waals surface area (Å²) in [7, 11) is 0. The first-order chi connectivity index (χ1) is 17.9. The van der Waals surface area contributed by atoms with E-state index < -0.39 is 6.17 Å². The van der Waals surface area contributed by atoms with E-state index in [0.29, 0.717) is 43.3 Å². The van der Waals surface area contributed by atoms with Gasteiger partial charge in [0.1, 0.15) is 6.17 Å². The Morgan fingerprint density at radius 1 is 1.11 bits per heavy atom. The number of amides is 2. The van der Waals surface area contributed by atoms with Crippen LogP contribution < -0.4 is 10.2 Å². The average molecular weight is 539 g/mol. The maximum atomic E-state index is 13.8. The predicted molar refractivity (Wildman–Crippen MR) is 144 cm³/mol. The fourth-order valence-electron chi connectivity index (χ4n) is 6.79. The number of carbonyl (C=O) groups excluding carboxylic acids is 2. The summed E-state index contributed by atoms with van der Waals surface area (Å²) in [6, 6.07) is 8.50. The van der Waals surface area contributed by atoms with Gasteiger partial charge in [-0.1, -0.05) is 11.6 Å². The lowest BCUT2D eigenvalue weighted by Gasteiger charge is -2.43. The molecular weight excluding hydrogens is 511 g/mol. The van der Waals surface area contributed by atoms with E-state index in [0.717, 1.165) is 58.6 Å². The molecule has 9 heteroatoms. The molecule has 7 rings (SSSR count). The number of halogens is 2. The molecule has 1 unspecified atom stereocenters. The summed E-state index contributed by atoms with van der Waals surface area (Å²) in [5.41, 5.74) is 5.45. The van der Waals surface area contributed by atoms with Crippen molar-refractivity contribution < 1.29 is 14.0 Å². The second-order valence-electron chi connectivity index (χ2n) is 10.9. The van der Waals surface area contributed by atoms with Crippen molar-refractivity contribution in [1.82, 2.24) is 15.2 Å². The number of alkyl halides is 1. The molecule has 3 aromatic rings. The smallest absolute Gasteiger partial charge is 0.230 e. The molecule has 2 saturated heterocycles. The number of benzene rings is 1. The van der Waals surface area contributed by atoms with Gasteiger partial charge in [-0.15, -0.1) is 11.3 Å². The number of aryl methyl sites for hydroxylation is 1. The van der Waals surface area contributed by atoms with E-state index in [4.69, 9.17) is 11.6 Å². The van der Waals surface area contributed by atoms with Gasteiger partial charge >= 0.3 is 0 Å². The maximum absolute atomic E-state index is 13.8. The van der Waals surface area contributed by atoms with Crippen LogP contribution >= 0.6 is 22.9 Å². The van der Waals surface area contributed by atoms with Gasteiger partial charge in [0.05, 0.1) is 16.8 Å². The summed E-state index contributed by atoms with van der Waals surface area (Å²) in [6.07, 6.45) is 5.95. The number of carbonyl (C=O) groups is 2. The Labute approximate surface area is 223 Å². The number of fused-ring (bicyclic) bond motifs is 2. The molecule has 1 aliphatic carbocycles. The van der Waals surface area contributed by atoms with Crippen molar-refractivity contribution >= 4 is 50.7 Å². The van der Waals surface area contributed by atoms with Crippen LogP contribution in [0, 0.1) is 0 Å². The lowest BCUT2D eigenvalue weighted by molar-refractivity contribution is -0.138. The molecule has 6 nitrogen and oxygen atoms in total. The number of hydrogen-bond acceptors (Lipinski definition) is 6. The van der Waals surface area contributed by atoms with Crippen LogP contribution in [-0.2, 0) is 22.6 Å². The van der Waals surface area contributed by atoms with Gasteiger partial charge in [0.25, 0.3) is 0 Å². The summed E-state index contributed by atoms with van der Waals surface area (Å²) in [6.45, 7) is 2.12. The average Bonchev–Trinajstić information content (AvgIpc) is 3.56. The molecule has 37 heavy (non-hydrogen) atoms. The zero-order chi connectivity index (χ0) is 25.3. The Kier molecular flexibility index (Phi) is 5.57. The van der Waals surface area contributed by atoms with Crippen molar-refractivity contribution in [2.24, 2.45) is 0 Å². The van der Waals surface area contributed by atoms with Crippen molar-refractivity contribution in [1.29, 1.82) is 0 Å². The number of rotatable bonds is 4. The molecule has 2 aromatic heterocycles. The SMILES string of the molecule is O=C1CCC(=O)N1Cc1cc2nccc(-c3cc(Cl)cc4c3N(C3CNC5(CC(F)C5)C3)CCC4)c2s1. The van der Waals surface area contributed by atoms with Crippen LogP contribution in [0.25, 0.3) is 21.3 Å². The molecule has 2 amide bonds. The van der Waals surface area contributed by atoms with Crippen LogP contribution in [0.4, 0.5) is 10.1 Å². The largest absolute Gasteiger partial charge is 0.366 e. The molecule has 1 N–H and O–H groups in total. The Bertz CT molecular complexity index is 1420. The summed E-state index contributed by atoms with van der Waals surface area (Å²) in [5, 5.41) is 4.36. The number of thiophene rings is 1. The molecule has 1 atom stereocenters. The number of likely N-dealkylation sites (tertiary alicyclic amines) is 1. The lowest BCUT2D eigenvalue weighted by atomic mass is 9.73. The monoisotopic (exact) mass is 538 g/mol. The Morgan fingerprint density at radius 2 is 1.92 bits per heavy atom. The van der Waals surface area contributed by atoms with Gasteiger partial charge in [0, 0.05) is 70.4 Å². The Morgan fingerprint density at radius 3 is 2.70 bits per heavy atom. The Hall–Kier alpha value is -2.55. The highest BCUT2D eigenvalue weighted by atomic mass is 35.5. The fraction of sp³-hybridized carbons (Fsp3) is 0.464. The van der Waals surface area contributed by atoms with Gasteiger partial charge in [0.2, 0.25) is 11.8 Å². The van der Waals surface area contributed by atoms with Crippen LogP contribution in [0.15, 0.2) is 30.5 Å². The normalized spacial score (nSPS) is 27.4. The molecule has 0 radical (unpaired) electrons. The van der Waals surface area contributed by atoms with Gasteiger partial charge in [-0.2, -0.15) is 0 Å². The van der Waals surface area contributed by atoms with Gasteiger partial charge in [-0.25, -0.2) is 4.39 Å². The number of hydrogen-bond donors (Lipinski definition) is 1. The quantitative estimate of drug-likeness (QED) is 0.460. The lowest BCUT2D eigenvalue weighted by Crippen LogP contribution is -2.52. The summed E-state index contributed by atoms with van der Waals surface area (Å²) in [4.78, 5) is 33.8. The third-order valence-electron chi connectivity index (χ3n) is 8.51. The number of pyridine rings is 1. The van der Waals surface area contributed by atoms with E-state index in [1.807, 2.05) is 18.3 Å². The zero-order valence-corrected chi connectivity index (χ0v) is 22.0. The van der Waals surface area contributed by atoms with Crippen LogP contribution in [0.2, 0.25) is 5.02 Å². The Balaban J connectivity index is 1.29. The van der Waals surface area contributed by atoms with E-state index >= 15 is 0 Å². The van der Waals surface area contributed by atoms with Crippen molar-refractivity contribution in [3.8, 4) is 11.1 Å². The van der Waals surface area contributed by atoms with Crippen molar-refractivity contribution in [3.63, 3.8) is 0 Å². The third kappa shape index (κ3) is 3.96. The molecule has 5 heterocycles. The van der Waals surface area contributed by atoms with Gasteiger partial charge in [-0.3, -0.25) is 19.5 Å². The minimum atomic E-state index is -0.682. The molecule has 192 valence electrons. The second kappa shape index (κ2) is 8.75. The van der Waals surface area contributed by atoms with Gasteiger partial charge < -0.3 is 10.2 Å². The molecule has 0 bridgehead atoms. The van der Waals surface area contributed by atoms with Crippen molar-refractivity contribution in [2.75, 3.05) is 18.0 Å². The number of anilines is 1. The molecule has 1 spiro atoms. The predicted octanol–water partition coefficient (Wildman–Crippen LogP) is 5.25. The third-order valence-corrected chi connectivity index (χ3v) is 9.87. The van der Waals surface area contributed by atoms with Gasteiger partial charge in [0.15, 0.2) is 0 Å². The highest BCUT2D eigenvalue weighted by Gasteiger charge is 2.50. The summed E-state index contributed by atoms with van der Waals surface area (Å²) >= 11 is 8.26. The van der Waals surface area contributed by atoms with Crippen LogP contribution in [0.5, 0.6) is 0 Å². The first-order valence-electron chi connectivity index (χ1n) is 13.1. The van der Waals surface area contributed by atoms with E-state index in [9.17, 15) is 14.0 Å². The van der Waals surface area contributed by atoms with Crippen molar-refractivity contribution in [3.05, 3.63) is 45.9 Å². The number of aromatic nitrogens is 1. The fourth-order valence-corrected chi connectivity index (χ4v) is 8.16. The van der Waals surface area contributed by atoms with Gasteiger partial charge in [-0.05, 0) is 61.9 Å². The number of imide groups is 1. The zero-order valence-electron chi connectivity index (χ0n) is 20.4. The van der Waals surface area contributed by atoms with Crippen LogP contribution in [-0.4, -0.2) is 52.5 Å². The first kappa shape index (κ1) is 23.6. The first-order valence-corrected chi connectivity index (χ1v) is 14.3. The van der Waals surface area contributed by atoms with E-state index in [1.165, 1.54) is 16.2 Å². The molecule has 1 aromatic carbocycles. The van der Waals surface area contributed by atoms with E-state index in [1.54, 1.807) is 11.3 Å². The number of nitrogens with one attached hydrogen (secondary N) is 1. The molecule has 1 saturated carbocycles. The molecule has 3 aliphatic heterocycles. The van der Waals surface area contributed by atoms with E-state index in [-0.39, 0.29) is 17.4 Å². The molecule has 4 aliphatic rings. The second-order valence-corrected chi connectivity index (χ2v) is 12.5. The van der Waals surface area contributed by atoms with Crippen molar-refractivity contribution in [2.45, 2.75) is 69.2 Å². The molecule has 3 fully saturated rings. The molecular formula is C28H28ClFN4O2S. The topological polar surface area (TPSA) is 65.5 Å². The number of nitrogens with zero attached hydrogens (tertiary/aromatic N) is 3. The standard InChI is InChI=1S/C28H28ClFN4O2S/c29-17-8-16-2-1-7-33(19-13-28(32-14-19)11-18(30)12-28)26(16)22(9-17)21-5-6-31-23-10-20(37-27(21)23)15-34-24(35)3-4-25(34)36/h5-6,8-10,18-19,32H,1-4,7,11-15H2. The van der Waals surface area contributed by atoms with Crippen LogP contribution in [0.3, 0.4) is 0 Å². The maximum Gasteiger partial charge on any atom is 0.230 e.